The van der Waals surface area contributed by atoms with E-state index >= 15 is 0 Å². The highest BCUT2D eigenvalue weighted by molar-refractivity contribution is 5.74. The lowest BCUT2D eigenvalue weighted by Gasteiger charge is -2.21. The van der Waals surface area contributed by atoms with E-state index in [-0.39, 0.29) is 6.03 Å². The molecule has 0 aromatic carbocycles. The first-order chi connectivity index (χ1) is 10.1. The first-order valence-corrected chi connectivity index (χ1v) is 8.46. The van der Waals surface area contributed by atoms with Crippen LogP contribution in [0.15, 0.2) is 12.2 Å². The molecule has 1 saturated heterocycles. The first-order valence-electron chi connectivity index (χ1n) is 8.46. The predicted octanol–water partition coefficient (Wildman–Crippen LogP) is 2.71. The zero-order valence-corrected chi connectivity index (χ0v) is 13.8. The van der Waals surface area contributed by atoms with Gasteiger partial charge in [0.25, 0.3) is 0 Å². The fraction of sp³-hybridized carbons (Fsp3) is 0.824. The van der Waals surface area contributed by atoms with Crippen molar-refractivity contribution < 1.29 is 4.79 Å². The number of hydrogen-bond acceptors (Lipinski definition) is 2. The van der Waals surface area contributed by atoms with Gasteiger partial charge in [-0.15, -0.1) is 0 Å². The monoisotopic (exact) mass is 293 g/mol. The topological polar surface area (TPSA) is 35.6 Å². The quantitative estimate of drug-likeness (QED) is 0.604. The number of rotatable bonds is 6. The highest BCUT2D eigenvalue weighted by atomic mass is 16.2. The SMILES string of the molecule is CC(C)N(C)CCCCNC(=O)N1CC2CC=CCC2C1. The number of carbonyl (C=O) groups excluding carboxylic acids is 1. The Morgan fingerprint density at radius 1 is 1.24 bits per heavy atom. The smallest absolute Gasteiger partial charge is 0.317 e. The van der Waals surface area contributed by atoms with Crippen molar-refractivity contribution in [2.24, 2.45) is 11.8 Å². The van der Waals surface area contributed by atoms with Gasteiger partial charge >= 0.3 is 6.03 Å². The van der Waals surface area contributed by atoms with Crippen LogP contribution in [-0.2, 0) is 0 Å². The third-order valence-corrected chi connectivity index (χ3v) is 5.00. The molecule has 0 aromatic rings. The minimum atomic E-state index is 0.140. The third-order valence-electron chi connectivity index (χ3n) is 5.00. The van der Waals surface area contributed by atoms with E-state index in [0.717, 1.165) is 51.9 Å². The maximum Gasteiger partial charge on any atom is 0.317 e. The average Bonchev–Trinajstić information content (AvgIpc) is 2.90. The summed E-state index contributed by atoms with van der Waals surface area (Å²) in [6.45, 7) is 8.21. The lowest BCUT2D eigenvalue weighted by molar-refractivity contribution is 0.205. The van der Waals surface area contributed by atoms with E-state index in [9.17, 15) is 4.79 Å². The largest absolute Gasteiger partial charge is 0.338 e. The molecule has 0 spiro atoms. The summed E-state index contributed by atoms with van der Waals surface area (Å²) in [5.74, 6) is 1.39. The zero-order valence-electron chi connectivity index (χ0n) is 13.8. The number of likely N-dealkylation sites (tertiary alicyclic amines) is 1. The number of urea groups is 1. The van der Waals surface area contributed by atoms with Gasteiger partial charge in [0, 0.05) is 25.7 Å². The molecule has 1 N–H and O–H groups in total. The van der Waals surface area contributed by atoms with Crippen molar-refractivity contribution in [1.82, 2.24) is 15.1 Å². The molecule has 0 aromatic heterocycles. The van der Waals surface area contributed by atoms with E-state index in [1.807, 2.05) is 4.90 Å². The van der Waals surface area contributed by atoms with Crippen LogP contribution in [0.2, 0.25) is 0 Å². The van der Waals surface area contributed by atoms with E-state index in [4.69, 9.17) is 0 Å². The summed E-state index contributed by atoms with van der Waals surface area (Å²) in [6.07, 6.45) is 9.04. The van der Waals surface area contributed by atoms with Gasteiger partial charge in [0.15, 0.2) is 0 Å². The van der Waals surface area contributed by atoms with E-state index in [0.29, 0.717) is 17.9 Å². The van der Waals surface area contributed by atoms with Gasteiger partial charge in [-0.3, -0.25) is 0 Å². The van der Waals surface area contributed by atoms with Gasteiger partial charge < -0.3 is 15.1 Å². The molecule has 21 heavy (non-hydrogen) atoms. The second kappa shape index (κ2) is 7.83. The molecule has 1 aliphatic carbocycles. The lowest BCUT2D eigenvalue weighted by Crippen LogP contribution is -2.39. The predicted molar refractivity (Wildman–Crippen MR) is 87.3 cm³/mol. The normalized spacial score (nSPS) is 24.7. The molecule has 0 radical (unpaired) electrons. The van der Waals surface area contributed by atoms with Gasteiger partial charge in [0.05, 0.1) is 0 Å². The summed E-state index contributed by atoms with van der Waals surface area (Å²) >= 11 is 0. The Labute approximate surface area is 129 Å². The third kappa shape index (κ3) is 4.73. The van der Waals surface area contributed by atoms with Crippen LogP contribution >= 0.6 is 0 Å². The standard InChI is InChI=1S/C17H31N3O/c1-14(2)19(3)11-7-6-10-18-17(21)20-12-15-8-4-5-9-16(15)13-20/h4-5,14-16H,6-13H2,1-3H3,(H,18,21). The molecule has 2 amide bonds. The molecule has 2 rings (SSSR count). The summed E-state index contributed by atoms with van der Waals surface area (Å²) in [5.41, 5.74) is 0. The molecule has 2 unspecified atom stereocenters. The zero-order chi connectivity index (χ0) is 15.2. The van der Waals surface area contributed by atoms with Crippen LogP contribution in [0.25, 0.3) is 0 Å². The maximum absolute atomic E-state index is 12.2. The summed E-state index contributed by atoms with van der Waals surface area (Å²) in [4.78, 5) is 16.5. The minimum Gasteiger partial charge on any atom is -0.338 e. The minimum absolute atomic E-state index is 0.140. The van der Waals surface area contributed by atoms with E-state index in [1.54, 1.807) is 0 Å². The van der Waals surface area contributed by atoms with Gasteiger partial charge in [-0.25, -0.2) is 4.79 Å². The Kier molecular flexibility index (Phi) is 6.09. The van der Waals surface area contributed by atoms with Crippen LogP contribution < -0.4 is 5.32 Å². The molecular formula is C17H31N3O. The summed E-state index contributed by atoms with van der Waals surface area (Å²) in [7, 11) is 2.16. The molecule has 4 nitrogen and oxygen atoms in total. The molecule has 0 saturated carbocycles. The number of carbonyl (C=O) groups is 1. The van der Waals surface area contributed by atoms with Crippen molar-refractivity contribution in [3.63, 3.8) is 0 Å². The van der Waals surface area contributed by atoms with Crippen molar-refractivity contribution in [2.75, 3.05) is 33.2 Å². The Morgan fingerprint density at radius 3 is 2.43 bits per heavy atom. The van der Waals surface area contributed by atoms with E-state index < -0.39 is 0 Å². The van der Waals surface area contributed by atoms with E-state index in [2.05, 4.69) is 43.3 Å². The number of nitrogens with one attached hydrogen (secondary N) is 1. The number of nitrogens with zero attached hydrogens (tertiary/aromatic N) is 2. The molecule has 4 heteroatoms. The van der Waals surface area contributed by atoms with Crippen molar-refractivity contribution in [1.29, 1.82) is 0 Å². The second-order valence-corrected chi connectivity index (χ2v) is 6.88. The highest BCUT2D eigenvalue weighted by Crippen LogP contribution is 2.32. The van der Waals surface area contributed by atoms with Crippen molar-refractivity contribution >= 4 is 6.03 Å². The van der Waals surface area contributed by atoms with Gasteiger partial charge in [0.1, 0.15) is 0 Å². The molecule has 2 atom stereocenters. The first kappa shape index (κ1) is 16.3. The van der Waals surface area contributed by atoms with Gasteiger partial charge in [0.2, 0.25) is 0 Å². The van der Waals surface area contributed by atoms with E-state index in [1.165, 1.54) is 0 Å². The Balaban J connectivity index is 1.58. The van der Waals surface area contributed by atoms with Gasteiger partial charge in [-0.1, -0.05) is 12.2 Å². The molecule has 0 bridgehead atoms. The maximum atomic E-state index is 12.2. The fourth-order valence-corrected chi connectivity index (χ4v) is 3.23. The number of amides is 2. The van der Waals surface area contributed by atoms with Gasteiger partial charge in [-0.2, -0.15) is 0 Å². The number of unbranched alkanes of at least 4 members (excludes halogenated alkanes) is 1. The van der Waals surface area contributed by atoms with Crippen LogP contribution in [0, 0.1) is 11.8 Å². The average molecular weight is 293 g/mol. The Morgan fingerprint density at radius 2 is 1.86 bits per heavy atom. The second-order valence-electron chi connectivity index (χ2n) is 6.88. The Hall–Kier alpha value is -1.03. The number of fused-ring (bicyclic) bond motifs is 1. The highest BCUT2D eigenvalue weighted by Gasteiger charge is 2.34. The molecular weight excluding hydrogens is 262 g/mol. The van der Waals surface area contributed by atoms with Gasteiger partial charge in [-0.05, 0) is 65.0 Å². The molecule has 1 aliphatic heterocycles. The fourth-order valence-electron chi connectivity index (χ4n) is 3.23. The number of allylic oxidation sites excluding steroid dienone is 2. The lowest BCUT2D eigenvalue weighted by atomic mass is 9.86. The number of hydrogen-bond donors (Lipinski definition) is 1. The molecule has 1 fully saturated rings. The van der Waals surface area contributed by atoms with Crippen LogP contribution in [-0.4, -0.2) is 55.1 Å². The molecule has 120 valence electrons. The Bertz CT molecular complexity index is 351. The van der Waals surface area contributed by atoms with Crippen molar-refractivity contribution in [2.45, 2.75) is 45.6 Å². The summed E-state index contributed by atoms with van der Waals surface area (Å²) < 4.78 is 0. The van der Waals surface area contributed by atoms with Crippen LogP contribution in [0.4, 0.5) is 4.79 Å². The summed E-state index contributed by atoms with van der Waals surface area (Å²) in [5, 5.41) is 3.09. The van der Waals surface area contributed by atoms with Crippen LogP contribution in [0.1, 0.15) is 39.5 Å². The molecule has 2 aliphatic rings. The van der Waals surface area contributed by atoms with Crippen molar-refractivity contribution in [3.05, 3.63) is 12.2 Å². The van der Waals surface area contributed by atoms with Crippen molar-refractivity contribution in [3.8, 4) is 0 Å². The van der Waals surface area contributed by atoms with Crippen LogP contribution in [0.3, 0.4) is 0 Å². The molecule has 1 heterocycles. The summed E-state index contributed by atoms with van der Waals surface area (Å²) in [6, 6.07) is 0.739. The van der Waals surface area contributed by atoms with Crippen LogP contribution in [0.5, 0.6) is 0 Å².